The van der Waals surface area contributed by atoms with E-state index in [1.54, 1.807) is 33.5 Å². The lowest BCUT2D eigenvalue weighted by molar-refractivity contribution is 0.0927. The van der Waals surface area contributed by atoms with Crippen molar-refractivity contribution >= 4 is 5.91 Å². The number of nitrogens with one attached hydrogen (secondary N) is 1. The van der Waals surface area contributed by atoms with Gasteiger partial charge in [0, 0.05) is 18.7 Å². The van der Waals surface area contributed by atoms with Crippen LogP contribution in [-0.2, 0) is 6.42 Å². The number of hydrogen-bond donors (Lipinski definition) is 1. The SMILES string of the molecule is CCCCN1CCc2ccccc2C1CNC(=O)c1cc(OC)c(OC)c(OC)c1. The molecule has 2 aromatic rings. The Morgan fingerprint density at radius 3 is 2.43 bits per heavy atom. The molecular weight excluding hydrogens is 380 g/mol. The van der Waals surface area contributed by atoms with Gasteiger partial charge in [0.1, 0.15) is 0 Å². The Labute approximate surface area is 179 Å². The number of fused-ring (bicyclic) bond motifs is 1. The van der Waals surface area contributed by atoms with Gasteiger partial charge < -0.3 is 19.5 Å². The molecule has 0 spiro atoms. The molecule has 0 saturated carbocycles. The Kier molecular flexibility index (Phi) is 7.57. The highest BCUT2D eigenvalue weighted by Crippen LogP contribution is 2.38. The van der Waals surface area contributed by atoms with E-state index in [1.807, 2.05) is 0 Å². The van der Waals surface area contributed by atoms with Crippen LogP contribution in [0.5, 0.6) is 17.2 Å². The van der Waals surface area contributed by atoms with Crippen molar-refractivity contribution in [3.05, 3.63) is 53.1 Å². The van der Waals surface area contributed by atoms with Gasteiger partial charge in [-0.05, 0) is 42.6 Å². The molecule has 0 aromatic heterocycles. The van der Waals surface area contributed by atoms with Gasteiger partial charge in [-0.3, -0.25) is 9.69 Å². The number of hydrogen-bond acceptors (Lipinski definition) is 5. The lowest BCUT2D eigenvalue weighted by atomic mass is 9.92. The fraction of sp³-hybridized carbons (Fsp3) is 0.458. The van der Waals surface area contributed by atoms with Gasteiger partial charge >= 0.3 is 0 Å². The van der Waals surface area contributed by atoms with Crippen LogP contribution >= 0.6 is 0 Å². The molecule has 6 nitrogen and oxygen atoms in total. The van der Waals surface area contributed by atoms with Crippen molar-refractivity contribution in [1.29, 1.82) is 0 Å². The molecule has 0 radical (unpaired) electrons. The highest BCUT2D eigenvalue weighted by atomic mass is 16.5. The second kappa shape index (κ2) is 10.3. The maximum atomic E-state index is 13.0. The van der Waals surface area contributed by atoms with E-state index in [2.05, 4.69) is 41.4 Å². The molecule has 1 aliphatic rings. The Morgan fingerprint density at radius 2 is 1.80 bits per heavy atom. The molecule has 2 aromatic carbocycles. The zero-order valence-electron chi connectivity index (χ0n) is 18.4. The van der Waals surface area contributed by atoms with Crippen LogP contribution in [0.3, 0.4) is 0 Å². The van der Waals surface area contributed by atoms with E-state index in [1.165, 1.54) is 11.1 Å². The van der Waals surface area contributed by atoms with Crippen LogP contribution in [-0.4, -0.2) is 51.8 Å². The summed E-state index contributed by atoms with van der Waals surface area (Å²) >= 11 is 0. The Bertz CT molecular complexity index is 843. The van der Waals surface area contributed by atoms with Gasteiger partial charge in [-0.2, -0.15) is 0 Å². The van der Waals surface area contributed by atoms with Crippen LogP contribution in [0.1, 0.15) is 47.3 Å². The minimum atomic E-state index is -0.159. The molecule has 1 aliphatic heterocycles. The second-order valence-corrected chi connectivity index (χ2v) is 7.48. The zero-order valence-corrected chi connectivity index (χ0v) is 18.4. The van der Waals surface area contributed by atoms with Gasteiger partial charge in [0.15, 0.2) is 11.5 Å². The molecule has 0 fully saturated rings. The second-order valence-electron chi connectivity index (χ2n) is 7.48. The van der Waals surface area contributed by atoms with Crippen LogP contribution < -0.4 is 19.5 Å². The largest absolute Gasteiger partial charge is 0.493 e. The van der Waals surface area contributed by atoms with E-state index in [0.29, 0.717) is 29.4 Å². The number of nitrogens with zero attached hydrogens (tertiary/aromatic N) is 1. The molecule has 0 bridgehead atoms. The predicted octanol–water partition coefficient (Wildman–Crippen LogP) is 3.84. The summed E-state index contributed by atoms with van der Waals surface area (Å²) in [6.45, 7) is 4.81. The highest BCUT2D eigenvalue weighted by molar-refractivity contribution is 5.95. The van der Waals surface area contributed by atoms with Gasteiger partial charge in [0.25, 0.3) is 5.91 Å². The van der Waals surface area contributed by atoms with Crippen molar-refractivity contribution in [3.63, 3.8) is 0 Å². The Hall–Kier alpha value is -2.73. The molecule has 1 amide bonds. The number of carbonyl (C=O) groups is 1. The topological polar surface area (TPSA) is 60.0 Å². The van der Waals surface area contributed by atoms with Crippen molar-refractivity contribution in [1.82, 2.24) is 10.2 Å². The number of benzene rings is 2. The quantitative estimate of drug-likeness (QED) is 0.678. The average molecular weight is 413 g/mol. The number of ether oxygens (including phenoxy) is 3. The first kappa shape index (κ1) is 22.0. The number of unbranched alkanes of at least 4 members (excludes halogenated alkanes) is 1. The third-order valence-electron chi connectivity index (χ3n) is 5.70. The fourth-order valence-electron chi connectivity index (χ4n) is 4.08. The van der Waals surface area contributed by atoms with Crippen molar-refractivity contribution in [3.8, 4) is 17.2 Å². The van der Waals surface area contributed by atoms with Gasteiger partial charge in [-0.25, -0.2) is 0 Å². The van der Waals surface area contributed by atoms with Crippen molar-refractivity contribution in [2.24, 2.45) is 0 Å². The van der Waals surface area contributed by atoms with E-state index in [-0.39, 0.29) is 11.9 Å². The summed E-state index contributed by atoms with van der Waals surface area (Å²) in [5.41, 5.74) is 3.16. The predicted molar refractivity (Wildman–Crippen MR) is 118 cm³/mol. The van der Waals surface area contributed by atoms with Crippen molar-refractivity contribution < 1.29 is 19.0 Å². The zero-order chi connectivity index (χ0) is 21.5. The summed E-state index contributed by atoms with van der Waals surface area (Å²) in [5, 5.41) is 3.12. The Morgan fingerprint density at radius 1 is 1.10 bits per heavy atom. The molecule has 0 saturated heterocycles. The van der Waals surface area contributed by atoms with Crippen molar-refractivity contribution in [2.45, 2.75) is 32.2 Å². The molecule has 0 aliphatic carbocycles. The summed E-state index contributed by atoms with van der Waals surface area (Å²) in [7, 11) is 4.64. The summed E-state index contributed by atoms with van der Waals surface area (Å²) in [4.78, 5) is 15.5. The Balaban J connectivity index is 1.79. The molecule has 6 heteroatoms. The van der Waals surface area contributed by atoms with Gasteiger partial charge in [0.05, 0.1) is 27.4 Å². The third-order valence-corrected chi connectivity index (χ3v) is 5.70. The molecule has 1 heterocycles. The summed E-state index contributed by atoms with van der Waals surface area (Å²) in [6, 6.07) is 12.1. The average Bonchev–Trinajstić information content (AvgIpc) is 2.80. The van der Waals surface area contributed by atoms with Crippen LogP contribution in [0, 0.1) is 0 Å². The van der Waals surface area contributed by atoms with E-state index in [0.717, 1.165) is 32.4 Å². The van der Waals surface area contributed by atoms with Gasteiger partial charge in [-0.1, -0.05) is 37.6 Å². The summed E-state index contributed by atoms with van der Waals surface area (Å²) in [6.07, 6.45) is 3.36. The van der Waals surface area contributed by atoms with Gasteiger partial charge in [0.2, 0.25) is 5.75 Å². The molecular formula is C24H32N2O4. The molecule has 1 unspecified atom stereocenters. The molecule has 30 heavy (non-hydrogen) atoms. The first-order chi connectivity index (χ1) is 14.6. The normalized spacial score (nSPS) is 15.9. The fourth-order valence-corrected chi connectivity index (χ4v) is 4.08. The lowest BCUT2D eigenvalue weighted by Gasteiger charge is -2.37. The lowest BCUT2D eigenvalue weighted by Crippen LogP contribution is -2.42. The maximum absolute atomic E-state index is 13.0. The summed E-state index contributed by atoms with van der Waals surface area (Å²) < 4.78 is 16.1. The van der Waals surface area contributed by atoms with Crippen molar-refractivity contribution in [2.75, 3.05) is 41.0 Å². The molecule has 1 N–H and O–H groups in total. The minimum Gasteiger partial charge on any atom is -0.493 e. The van der Waals surface area contributed by atoms with E-state index >= 15 is 0 Å². The van der Waals surface area contributed by atoms with Crippen LogP contribution in [0.15, 0.2) is 36.4 Å². The molecule has 1 atom stereocenters. The van der Waals surface area contributed by atoms with E-state index < -0.39 is 0 Å². The van der Waals surface area contributed by atoms with Crippen LogP contribution in [0.25, 0.3) is 0 Å². The highest BCUT2D eigenvalue weighted by Gasteiger charge is 2.27. The van der Waals surface area contributed by atoms with Crippen LogP contribution in [0.2, 0.25) is 0 Å². The van der Waals surface area contributed by atoms with E-state index in [9.17, 15) is 4.79 Å². The third kappa shape index (κ3) is 4.70. The number of carbonyl (C=O) groups excluding carboxylic acids is 1. The maximum Gasteiger partial charge on any atom is 0.251 e. The molecule has 162 valence electrons. The van der Waals surface area contributed by atoms with E-state index in [4.69, 9.17) is 14.2 Å². The van der Waals surface area contributed by atoms with Gasteiger partial charge in [-0.15, -0.1) is 0 Å². The minimum absolute atomic E-state index is 0.159. The number of methoxy groups -OCH3 is 3. The number of amides is 1. The monoisotopic (exact) mass is 412 g/mol. The van der Waals surface area contributed by atoms with Crippen LogP contribution in [0.4, 0.5) is 0 Å². The number of rotatable bonds is 9. The first-order valence-corrected chi connectivity index (χ1v) is 10.5. The smallest absolute Gasteiger partial charge is 0.251 e. The summed E-state index contributed by atoms with van der Waals surface area (Å²) in [5.74, 6) is 1.25. The standard InChI is InChI=1S/C24H32N2O4/c1-5-6-12-26-13-11-17-9-7-8-10-19(17)20(26)16-25-24(27)18-14-21(28-2)23(30-4)22(15-18)29-3/h7-10,14-15,20H,5-6,11-13,16H2,1-4H3,(H,25,27). The molecule has 3 rings (SSSR count). The first-order valence-electron chi connectivity index (χ1n) is 10.5.